The van der Waals surface area contributed by atoms with Crippen LogP contribution < -0.4 is 15.4 Å². The van der Waals surface area contributed by atoms with E-state index in [1.807, 2.05) is 37.3 Å². The Morgan fingerprint density at radius 2 is 1.74 bits per heavy atom. The van der Waals surface area contributed by atoms with Gasteiger partial charge in [0.15, 0.2) is 0 Å². The van der Waals surface area contributed by atoms with Gasteiger partial charge in [-0.25, -0.2) is 4.98 Å². The number of aromatic nitrogens is 1. The van der Waals surface area contributed by atoms with E-state index in [0.29, 0.717) is 24.5 Å². The molecule has 0 aliphatic rings. The molecule has 1 heterocycles. The molecular weight excluding hydrogens is 338 g/mol. The van der Waals surface area contributed by atoms with E-state index >= 15 is 0 Å². The predicted octanol–water partition coefficient (Wildman–Crippen LogP) is 4.65. The predicted molar refractivity (Wildman–Crippen MR) is 108 cm³/mol. The van der Waals surface area contributed by atoms with Crippen molar-refractivity contribution in [2.75, 3.05) is 17.2 Å². The second-order valence-electron chi connectivity index (χ2n) is 6.12. The molecule has 138 valence electrons. The van der Waals surface area contributed by atoms with Gasteiger partial charge in [0.1, 0.15) is 11.4 Å². The number of carbonyl (C=O) groups is 1. The largest absolute Gasteiger partial charge is 0.494 e. The first-order valence-electron chi connectivity index (χ1n) is 8.94. The molecule has 0 aliphatic carbocycles. The van der Waals surface area contributed by atoms with Crippen LogP contribution in [0.3, 0.4) is 0 Å². The number of hydrogen-bond acceptors (Lipinski definition) is 4. The van der Waals surface area contributed by atoms with E-state index < -0.39 is 0 Å². The zero-order chi connectivity index (χ0) is 19.1. The van der Waals surface area contributed by atoms with Gasteiger partial charge in [0.25, 0.3) is 5.91 Å². The van der Waals surface area contributed by atoms with Gasteiger partial charge < -0.3 is 15.4 Å². The van der Waals surface area contributed by atoms with Crippen molar-refractivity contribution in [1.29, 1.82) is 0 Å². The van der Waals surface area contributed by atoms with Crippen molar-refractivity contribution >= 4 is 17.3 Å². The van der Waals surface area contributed by atoms with Crippen molar-refractivity contribution in [2.45, 2.75) is 20.4 Å². The molecule has 0 unspecified atom stereocenters. The molecule has 0 radical (unpaired) electrons. The summed E-state index contributed by atoms with van der Waals surface area (Å²) in [6.07, 6.45) is 1.67. The highest BCUT2D eigenvalue weighted by molar-refractivity contribution is 6.02. The van der Waals surface area contributed by atoms with E-state index in [4.69, 9.17) is 4.74 Å². The number of ether oxygens (including phenoxy) is 1. The highest BCUT2D eigenvalue weighted by Crippen LogP contribution is 2.17. The lowest BCUT2D eigenvalue weighted by atomic mass is 10.1. The molecule has 3 rings (SSSR count). The van der Waals surface area contributed by atoms with Crippen molar-refractivity contribution in [3.63, 3.8) is 0 Å². The van der Waals surface area contributed by atoms with Gasteiger partial charge in [0, 0.05) is 12.2 Å². The minimum Gasteiger partial charge on any atom is -0.494 e. The number of amides is 1. The molecule has 5 heteroatoms. The van der Waals surface area contributed by atoms with Crippen molar-refractivity contribution in [2.24, 2.45) is 0 Å². The Morgan fingerprint density at radius 3 is 2.41 bits per heavy atom. The third-order valence-electron chi connectivity index (χ3n) is 4.16. The van der Waals surface area contributed by atoms with Gasteiger partial charge in [0.2, 0.25) is 0 Å². The minimum absolute atomic E-state index is 0.246. The molecule has 2 aromatic carbocycles. The zero-order valence-corrected chi connectivity index (χ0v) is 15.5. The lowest BCUT2D eigenvalue weighted by Gasteiger charge is -2.10. The van der Waals surface area contributed by atoms with Crippen molar-refractivity contribution in [3.05, 3.63) is 83.7 Å². The van der Waals surface area contributed by atoms with Gasteiger partial charge in [-0.05, 0) is 61.4 Å². The van der Waals surface area contributed by atoms with Crippen LogP contribution in [-0.4, -0.2) is 17.5 Å². The Morgan fingerprint density at radius 1 is 1.00 bits per heavy atom. The number of benzene rings is 2. The van der Waals surface area contributed by atoms with Gasteiger partial charge in [-0.3, -0.25) is 4.79 Å². The molecule has 0 atom stereocenters. The molecule has 0 saturated carbocycles. The van der Waals surface area contributed by atoms with Crippen LogP contribution in [0.2, 0.25) is 0 Å². The first-order valence-corrected chi connectivity index (χ1v) is 8.94. The lowest BCUT2D eigenvalue weighted by molar-refractivity contribution is 0.102. The van der Waals surface area contributed by atoms with Crippen LogP contribution in [0.4, 0.5) is 11.4 Å². The number of nitrogens with zero attached hydrogens (tertiary/aromatic N) is 1. The summed E-state index contributed by atoms with van der Waals surface area (Å²) in [7, 11) is 0. The number of pyridine rings is 1. The SMILES string of the molecule is CCOc1ccc(NC(=O)c2ccc(NCc3ccccc3C)cn2)cc1. The van der Waals surface area contributed by atoms with E-state index in [-0.39, 0.29) is 5.91 Å². The van der Waals surface area contributed by atoms with Gasteiger partial charge >= 0.3 is 0 Å². The normalized spacial score (nSPS) is 10.3. The smallest absolute Gasteiger partial charge is 0.274 e. The van der Waals surface area contributed by atoms with Gasteiger partial charge in [-0.1, -0.05) is 24.3 Å². The second kappa shape index (κ2) is 8.85. The fraction of sp³-hybridized carbons (Fsp3) is 0.182. The van der Waals surface area contributed by atoms with Crippen molar-refractivity contribution in [3.8, 4) is 5.75 Å². The summed E-state index contributed by atoms with van der Waals surface area (Å²) in [4.78, 5) is 16.6. The Kier molecular flexibility index (Phi) is 6.05. The number of nitrogens with one attached hydrogen (secondary N) is 2. The average Bonchev–Trinajstić information content (AvgIpc) is 2.69. The Bertz CT molecular complexity index is 890. The third kappa shape index (κ3) is 5.07. The van der Waals surface area contributed by atoms with Crippen LogP contribution in [0.1, 0.15) is 28.5 Å². The van der Waals surface area contributed by atoms with E-state index in [2.05, 4.69) is 34.7 Å². The second-order valence-corrected chi connectivity index (χ2v) is 6.12. The highest BCUT2D eigenvalue weighted by atomic mass is 16.5. The number of carbonyl (C=O) groups excluding carboxylic acids is 1. The Hall–Kier alpha value is -3.34. The topological polar surface area (TPSA) is 63.2 Å². The average molecular weight is 361 g/mol. The first-order chi connectivity index (χ1) is 13.2. The third-order valence-corrected chi connectivity index (χ3v) is 4.16. The van der Waals surface area contributed by atoms with E-state index in [9.17, 15) is 4.79 Å². The molecule has 27 heavy (non-hydrogen) atoms. The van der Waals surface area contributed by atoms with Crippen LogP contribution in [0.5, 0.6) is 5.75 Å². The summed E-state index contributed by atoms with van der Waals surface area (Å²) in [5, 5.41) is 6.16. The van der Waals surface area contributed by atoms with Crippen LogP contribution in [0.15, 0.2) is 66.9 Å². The number of aryl methyl sites for hydroxylation is 1. The van der Waals surface area contributed by atoms with Gasteiger partial charge in [-0.2, -0.15) is 0 Å². The standard InChI is InChI=1S/C22H23N3O2/c1-3-27-20-11-8-18(9-12-20)25-22(26)21-13-10-19(15-24-21)23-14-17-7-5-4-6-16(17)2/h4-13,15,23H,3,14H2,1-2H3,(H,25,26). The maximum absolute atomic E-state index is 12.3. The first kappa shape index (κ1) is 18.5. The molecule has 0 aliphatic heterocycles. The monoisotopic (exact) mass is 361 g/mol. The molecule has 5 nitrogen and oxygen atoms in total. The van der Waals surface area contributed by atoms with Crippen LogP contribution >= 0.6 is 0 Å². The Balaban J connectivity index is 1.57. The fourth-order valence-electron chi connectivity index (χ4n) is 2.63. The number of anilines is 2. The minimum atomic E-state index is -0.246. The molecule has 1 aromatic heterocycles. The van der Waals surface area contributed by atoms with E-state index in [1.165, 1.54) is 11.1 Å². The number of rotatable bonds is 7. The molecule has 0 bridgehead atoms. The van der Waals surface area contributed by atoms with Gasteiger partial charge in [0.05, 0.1) is 18.5 Å². The number of hydrogen-bond donors (Lipinski definition) is 2. The van der Waals surface area contributed by atoms with E-state index in [1.54, 1.807) is 24.4 Å². The Labute approximate surface area is 159 Å². The molecule has 1 amide bonds. The maximum Gasteiger partial charge on any atom is 0.274 e. The van der Waals surface area contributed by atoms with Crippen LogP contribution in [0.25, 0.3) is 0 Å². The summed E-state index contributed by atoms with van der Waals surface area (Å²) >= 11 is 0. The molecular formula is C22H23N3O2. The van der Waals surface area contributed by atoms with Gasteiger partial charge in [-0.15, -0.1) is 0 Å². The summed E-state index contributed by atoms with van der Waals surface area (Å²) in [5.74, 6) is 0.530. The maximum atomic E-state index is 12.3. The molecule has 3 aromatic rings. The molecule has 0 saturated heterocycles. The molecule has 0 spiro atoms. The van der Waals surface area contributed by atoms with E-state index in [0.717, 1.165) is 11.4 Å². The zero-order valence-electron chi connectivity index (χ0n) is 15.5. The summed E-state index contributed by atoms with van der Waals surface area (Å²) in [6, 6.07) is 19.1. The summed E-state index contributed by atoms with van der Waals surface area (Å²) in [5.41, 5.74) is 4.41. The van der Waals surface area contributed by atoms with Crippen molar-refractivity contribution in [1.82, 2.24) is 4.98 Å². The van der Waals surface area contributed by atoms with Crippen LogP contribution in [-0.2, 0) is 6.54 Å². The summed E-state index contributed by atoms with van der Waals surface area (Å²) in [6.45, 7) is 5.34. The molecule has 0 fully saturated rings. The highest BCUT2D eigenvalue weighted by Gasteiger charge is 2.08. The van der Waals surface area contributed by atoms with Crippen molar-refractivity contribution < 1.29 is 9.53 Å². The summed E-state index contributed by atoms with van der Waals surface area (Å²) < 4.78 is 5.39. The lowest BCUT2D eigenvalue weighted by Crippen LogP contribution is -2.13. The van der Waals surface area contributed by atoms with Crippen LogP contribution in [0, 0.1) is 6.92 Å². The molecule has 2 N–H and O–H groups in total. The fourth-order valence-corrected chi connectivity index (χ4v) is 2.63. The quantitative estimate of drug-likeness (QED) is 0.643.